The normalized spacial score (nSPS) is 11.2. The molecule has 0 radical (unpaired) electrons. The zero-order valence-corrected chi connectivity index (χ0v) is 11.9. The van der Waals surface area contributed by atoms with Gasteiger partial charge in [-0.25, -0.2) is 13.1 Å². The highest BCUT2D eigenvalue weighted by atomic mass is 35.5. The summed E-state index contributed by atoms with van der Waals surface area (Å²) in [5.41, 5.74) is 0.310. The number of rotatable bonds is 5. The number of nitrogens with zero attached hydrogens (tertiary/aromatic N) is 1. The Morgan fingerprint density at radius 2 is 2.15 bits per heavy atom. The molecule has 0 amide bonds. The number of hydrogen-bond donors (Lipinski definition) is 1. The van der Waals surface area contributed by atoms with E-state index in [9.17, 15) is 8.42 Å². The van der Waals surface area contributed by atoms with Crippen LogP contribution >= 0.6 is 11.6 Å². The molecule has 2 aromatic rings. The van der Waals surface area contributed by atoms with Gasteiger partial charge in [-0.1, -0.05) is 11.6 Å². The van der Waals surface area contributed by atoms with Crippen LogP contribution in [-0.4, -0.2) is 15.0 Å². The highest BCUT2D eigenvalue weighted by molar-refractivity contribution is 7.89. The first kappa shape index (κ1) is 14.6. The predicted molar refractivity (Wildman–Crippen MR) is 73.8 cm³/mol. The van der Waals surface area contributed by atoms with E-state index in [-0.39, 0.29) is 16.5 Å². The largest absolute Gasteiger partial charge is 0.469 e. The maximum Gasteiger partial charge on any atom is 0.242 e. The third-order valence-corrected chi connectivity index (χ3v) is 4.54. The Balaban J connectivity index is 2.08. The average molecular weight is 311 g/mol. The van der Waals surface area contributed by atoms with E-state index in [1.54, 1.807) is 12.1 Å². The lowest BCUT2D eigenvalue weighted by atomic mass is 10.2. The standard InChI is InChI=1S/C13H11ClN2O3S/c14-12-8-10(9-15)3-4-13(12)20(17,18)16-6-5-11-2-1-7-19-11/h1-4,7-8,16H,5-6H2. The van der Waals surface area contributed by atoms with E-state index in [2.05, 4.69) is 4.72 Å². The molecule has 1 aromatic carbocycles. The smallest absolute Gasteiger partial charge is 0.242 e. The fourth-order valence-electron chi connectivity index (χ4n) is 1.63. The first-order valence-electron chi connectivity index (χ1n) is 5.74. The van der Waals surface area contributed by atoms with Crippen molar-refractivity contribution in [3.8, 4) is 6.07 Å². The molecule has 1 N–H and O–H groups in total. The van der Waals surface area contributed by atoms with Crippen molar-refractivity contribution in [3.05, 3.63) is 52.9 Å². The van der Waals surface area contributed by atoms with Crippen molar-refractivity contribution in [2.24, 2.45) is 0 Å². The number of halogens is 1. The first-order valence-corrected chi connectivity index (χ1v) is 7.61. The van der Waals surface area contributed by atoms with Gasteiger partial charge in [-0.15, -0.1) is 0 Å². The molecule has 104 valence electrons. The lowest BCUT2D eigenvalue weighted by Gasteiger charge is -2.07. The molecule has 0 saturated carbocycles. The van der Waals surface area contributed by atoms with E-state index in [4.69, 9.17) is 21.3 Å². The van der Waals surface area contributed by atoms with Crippen molar-refractivity contribution < 1.29 is 12.8 Å². The SMILES string of the molecule is N#Cc1ccc(S(=O)(=O)NCCc2ccco2)c(Cl)c1. The summed E-state index contributed by atoms with van der Waals surface area (Å²) in [6.45, 7) is 0.201. The number of nitrogens with one attached hydrogen (secondary N) is 1. The summed E-state index contributed by atoms with van der Waals surface area (Å²) in [5, 5.41) is 8.74. The van der Waals surface area contributed by atoms with Gasteiger partial charge in [-0.2, -0.15) is 5.26 Å². The van der Waals surface area contributed by atoms with Gasteiger partial charge >= 0.3 is 0 Å². The van der Waals surface area contributed by atoms with Gasteiger partial charge in [0.05, 0.1) is 22.9 Å². The molecule has 0 saturated heterocycles. The summed E-state index contributed by atoms with van der Waals surface area (Å²) in [4.78, 5) is -0.0439. The van der Waals surface area contributed by atoms with Crippen molar-refractivity contribution in [2.45, 2.75) is 11.3 Å². The Morgan fingerprint density at radius 1 is 1.35 bits per heavy atom. The molecule has 0 aliphatic rings. The van der Waals surface area contributed by atoms with Crippen LogP contribution in [0.4, 0.5) is 0 Å². The van der Waals surface area contributed by atoms with Gasteiger partial charge in [0.2, 0.25) is 10.0 Å². The fraction of sp³-hybridized carbons (Fsp3) is 0.154. The first-order chi connectivity index (χ1) is 9.53. The van der Waals surface area contributed by atoms with Crippen molar-refractivity contribution in [1.82, 2.24) is 4.72 Å². The number of furan rings is 1. The minimum Gasteiger partial charge on any atom is -0.469 e. The molecular weight excluding hydrogens is 300 g/mol. The van der Waals surface area contributed by atoms with Crippen LogP contribution in [0.1, 0.15) is 11.3 Å². The van der Waals surface area contributed by atoms with Gasteiger partial charge in [0.25, 0.3) is 0 Å². The van der Waals surface area contributed by atoms with Crippen molar-refractivity contribution in [1.29, 1.82) is 5.26 Å². The van der Waals surface area contributed by atoms with Crippen LogP contribution in [0.2, 0.25) is 5.02 Å². The maximum absolute atomic E-state index is 12.1. The molecule has 5 nitrogen and oxygen atoms in total. The van der Waals surface area contributed by atoms with Crippen LogP contribution < -0.4 is 4.72 Å². The number of benzene rings is 1. The predicted octanol–water partition coefficient (Wildman–Crippen LogP) is 2.33. The van der Waals surface area contributed by atoms with Crippen molar-refractivity contribution in [2.75, 3.05) is 6.54 Å². The summed E-state index contributed by atoms with van der Waals surface area (Å²) in [5.74, 6) is 0.693. The van der Waals surface area contributed by atoms with Crippen LogP contribution in [-0.2, 0) is 16.4 Å². The minimum absolute atomic E-state index is 0.0227. The van der Waals surface area contributed by atoms with E-state index in [1.807, 2.05) is 6.07 Å². The molecule has 0 aliphatic heterocycles. The molecule has 0 bridgehead atoms. The molecule has 1 heterocycles. The Labute approximate surface area is 121 Å². The topological polar surface area (TPSA) is 83.1 Å². The highest BCUT2D eigenvalue weighted by Gasteiger charge is 2.17. The van der Waals surface area contributed by atoms with E-state index in [1.165, 1.54) is 24.5 Å². The second kappa shape index (κ2) is 6.09. The molecule has 20 heavy (non-hydrogen) atoms. The van der Waals surface area contributed by atoms with Gasteiger partial charge in [-0.05, 0) is 30.3 Å². The van der Waals surface area contributed by atoms with Crippen LogP contribution in [0.3, 0.4) is 0 Å². The Kier molecular flexibility index (Phi) is 4.45. The Morgan fingerprint density at radius 3 is 2.75 bits per heavy atom. The molecule has 0 fully saturated rings. The average Bonchev–Trinajstić information content (AvgIpc) is 2.91. The lowest BCUT2D eigenvalue weighted by Crippen LogP contribution is -2.26. The van der Waals surface area contributed by atoms with Crippen LogP contribution in [0.15, 0.2) is 45.9 Å². The molecule has 2 rings (SSSR count). The maximum atomic E-state index is 12.1. The number of hydrogen-bond acceptors (Lipinski definition) is 4. The van der Waals surface area contributed by atoms with Gasteiger partial charge in [-0.3, -0.25) is 0 Å². The summed E-state index contributed by atoms with van der Waals surface area (Å²) >= 11 is 5.88. The minimum atomic E-state index is -3.70. The molecular formula is C13H11ClN2O3S. The molecule has 0 atom stereocenters. The Bertz CT molecular complexity index is 733. The summed E-state index contributed by atoms with van der Waals surface area (Å²) in [6.07, 6.45) is 1.97. The van der Waals surface area contributed by atoms with Crippen molar-refractivity contribution >= 4 is 21.6 Å². The molecule has 0 spiro atoms. The zero-order valence-electron chi connectivity index (χ0n) is 10.3. The molecule has 7 heteroatoms. The van der Waals surface area contributed by atoms with Gasteiger partial charge < -0.3 is 4.42 Å². The fourth-order valence-corrected chi connectivity index (χ4v) is 3.20. The zero-order chi connectivity index (χ0) is 14.6. The summed E-state index contributed by atoms with van der Waals surface area (Å²) in [7, 11) is -3.70. The van der Waals surface area contributed by atoms with Gasteiger partial charge in [0.1, 0.15) is 10.7 Å². The quantitative estimate of drug-likeness (QED) is 0.918. The lowest BCUT2D eigenvalue weighted by molar-refractivity contribution is 0.506. The number of nitriles is 1. The molecule has 0 aliphatic carbocycles. The van der Waals surface area contributed by atoms with Gasteiger partial charge in [0, 0.05) is 13.0 Å². The second-order valence-corrected chi connectivity index (χ2v) is 6.13. The third kappa shape index (κ3) is 3.39. The summed E-state index contributed by atoms with van der Waals surface area (Å²) in [6, 6.07) is 9.45. The van der Waals surface area contributed by atoms with Crippen LogP contribution in [0.5, 0.6) is 0 Å². The van der Waals surface area contributed by atoms with Crippen molar-refractivity contribution in [3.63, 3.8) is 0 Å². The van der Waals surface area contributed by atoms with Crippen LogP contribution in [0.25, 0.3) is 0 Å². The number of sulfonamides is 1. The van der Waals surface area contributed by atoms with E-state index < -0.39 is 10.0 Å². The monoisotopic (exact) mass is 310 g/mol. The van der Waals surface area contributed by atoms with E-state index in [0.717, 1.165) is 0 Å². The highest BCUT2D eigenvalue weighted by Crippen LogP contribution is 2.22. The second-order valence-electron chi connectivity index (χ2n) is 3.98. The van der Waals surface area contributed by atoms with Gasteiger partial charge in [0.15, 0.2) is 0 Å². The third-order valence-electron chi connectivity index (χ3n) is 2.59. The Hall–Kier alpha value is -1.81. The van der Waals surface area contributed by atoms with E-state index in [0.29, 0.717) is 17.7 Å². The van der Waals surface area contributed by atoms with Crippen LogP contribution in [0, 0.1) is 11.3 Å². The molecule has 1 aromatic heterocycles. The summed E-state index contributed by atoms with van der Waals surface area (Å²) < 4.78 is 31.7. The molecule has 0 unspecified atom stereocenters. The van der Waals surface area contributed by atoms with E-state index >= 15 is 0 Å².